The van der Waals surface area contributed by atoms with Gasteiger partial charge in [-0.1, -0.05) is 29.8 Å². The average Bonchev–Trinajstić information content (AvgIpc) is 3.08. The third kappa shape index (κ3) is 4.56. The number of aromatic amines is 1. The molecule has 0 saturated carbocycles. The molecule has 2 aromatic carbocycles. The molecule has 0 fully saturated rings. The third-order valence-electron chi connectivity index (χ3n) is 4.06. The van der Waals surface area contributed by atoms with Gasteiger partial charge in [0.05, 0.1) is 16.1 Å². The fourth-order valence-corrected chi connectivity index (χ4v) is 3.38. The Kier molecular flexibility index (Phi) is 6.47. The molecule has 0 unspecified atom stereocenters. The minimum Gasteiger partial charge on any atom is -0.453 e. The Morgan fingerprint density at radius 1 is 1.41 bits per heavy atom. The Morgan fingerprint density at radius 3 is 2.90 bits per heavy atom. The van der Waals surface area contributed by atoms with Crippen molar-refractivity contribution in [1.29, 1.82) is 5.26 Å². The van der Waals surface area contributed by atoms with E-state index in [1.54, 1.807) is 12.1 Å². The van der Waals surface area contributed by atoms with Crippen LogP contribution in [-0.2, 0) is 6.42 Å². The quantitative estimate of drug-likeness (QED) is 0.411. The van der Waals surface area contributed by atoms with Crippen molar-refractivity contribution in [3.8, 4) is 17.6 Å². The molecule has 0 aliphatic carbocycles. The first-order chi connectivity index (χ1) is 14.0. The van der Waals surface area contributed by atoms with Crippen LogP contribution < -0.4 is 4.74 Å². The number of rotatable bonds is 6. The van der Waals surface area contributed by atoms with E-state index in [0.717, 1.165) is 5.56 Å². The number of benzene rings is 2. The topological polar surface area (TPSA) is 74.1 Å². The maximum atomic E-state index is 15.3. The molecule has 8 heteroatoms. The van der Waals surface area contributed by atoms with E-state index in [-0.39, 0.29) is 17.9 Å². The van der Waals surface area contributed by atoms with Crippen molar-refractivity contribution in [2.75, 3.05) is 0 Å². The standard InChI is InChI=1S/C21H15BrClFN4O/c1-3-4-16-18(27-28-21(16)26-2)9-13-5-6-17(22)20(19(13)24)29-15-8-12(11-25)7-14(23)10-15/h3-8,10H,2,9H2,1H3,(H,27,28)/b4-3-. The van der Waals surface area contributed by atoms with Gasteiger partial charge in [0.15, 0.2) is 17.4 Å². The van der Waals surface area contributed by atoms with E-state index in [1.165, 1.54) is 18.2 Å². The number of aliphatic imine (C=N–C) groups is 1. The average molecular weight is 474 g/mol. The van der Waals surface area contributed by atoms with Gasteiger partial charge < -0.3 is 4.74 Å². The minimum atomic E-state index is -0.535. The lowest BCUT2D eigenvalue weighted by Crippen LogP contribution is -1.99. The molecule has 3 aromatic rings. The monoisotopic (exact) mass is 472 g/mol. The number of hydrogen-bond acceptors (Lipinski definition) is 4. The van der Waals surface area contributed by atoms with Crippen molar-refractivity contribution < 1.29 is 9.13 Å². The molecule has 29 heavy (non-hydrogen) atoms. The number of nitriles is 1. The summed E-state index contributed by atoms with van der Waals surface area (Å²) in [6.07, 6.45) is 3.94. The third-order valence-corrected chi connectivity index (χ3v) is 4.91. The summed E-state index contributed by atoms with van der Waals surface area (Å²) < 4.78 is 21.4. The first-order valence-electron chi connectivity index (χ1n) is 8.49. The van der Waals surface area contributed by atoms with Gasteiger partial charge >= 0.3 is 0 Å². The summed E-state index contributed by atoms with van der Waals surface area (Å²) in [5.41, 5.74) is 2.17. The number of ether oxygens (including phenoxy) is 1. The van der Waals surface area contributed by atoms with Crippen LogP contribution in [0, 0.1) is 17.1 Å². The van der Waals surface area contributed by atoms with E-state index in [9.17, 15) is 0 Å². The van der Waals surface area contributed by atoms with Crippen LogP contribution in [0.2, 0.25) is 5.02 Å². The van der Waals surface area contributed by atoms with Gasteiger partial charge in [-0.3, -0.25) is 5.10 Å². The number of nitrogens with one attached hydrogen (secondary N) is 1. The summed E-state index contributed by atoms with van der Waals surface area (Å²) in [5, 5.41) is 16.4. The van der Waals surface area contributed by atoms with Crippen LogP contribution in [0.1, 0.15) is 29.3 Å². The maximum Gasteiger partial charge on any atom is 0.180 e. The van der Waals surface area contributed by atoms with Gasteiger partial charge in [-0.2, -0.15) is 10.4 Å². The molecule has 0 radical (unpaired) electrons. The van der Waals surface area contributed by atoms with Crippen LogP contribution in [0.25, 0.3) is 6.08 Å². The van der Waals surface area contributed by atoms with Crippen LogP contribution in [0.15, 0.2) is 45.9 Å². The summed E-state index contributed by atoms with van der Waals surface area (Å²) in [6.45, 7) is 5.38. The molecule has 0 aliphatic rings. The van der Waals surface area contributed by atoms with Crippen LogP contribution in [0.3, 0.4) is 0 Å². The largest absolute Gasteiger partial charge is 0.453 e. The van der Waals surface area contributed by atoms with Crippen molar-refractivity contribution in [2.45, 2.75) is 13.3 Å². The fraction of sp³-hybridized carbons (Fsp3) is 0.0952. The molecule has 146 valence electrons. The zero-order chi connectivity index (χ0) is 21.0. The summed E-state index contributed by atoms with van der Waals surface area (Å²) in [6, 6.07) is 9.86. The first-order valence-corrected chi connectivity index (χ1v) is 9.66. The molecule has 0 saturated heterocycles. The number of nitrogens with zero attached hydrogens (tertiary/aromatic N) is 3. The SMILES string of the molecule is C=Nc1n[nH]c(Cc2ccc(Br)c(Oc3cc(Cl)cc(C#N)c3)c2F)c1/C=C\C. The Balaban J connectivity index is 1.98. The molecular formula is C21H15BrClFN4O. The van der Waals surface area contributed by atoms with Crippen molar-refractivity contribution in [3.63, 3.8) is 0 Å². The van der Waals surface area contributed by atoms with E-state index in [0.29, 0.717) is 32.1 Å². The van der Waals surface area contributed by atoms with E-state index >= 15 is 4.39 Å². The lowest BCUT2D eigenvalue weighted by molar-refractivity contribution is 0.436. The van der Waals surface area contributed by atoms with E-state index in [4.69, 9.17) is 21.6 Å². The van der Waals surface area contributed by atoms with Gasteiger partial charge in [-0.15, -0.1) is 0 Å². The van der Waals surface area contributed by atoms with Gasteiger partial charge in [0.25, 0.3) is 0 Å². The molecule has 0 amide bonds. The molecule has 5 nitrogen and oxygen atoms in total. The molecule has 0 bridgehead atoms. The fourth-order valence-electron chi connectivity index (χ4n) is 2.77. The second kappa shape index (κ2) is 9.03. The molecule has 1 N–H and O–H groups in total. The number of H-pyrrole nitrogens is 1. The Bertz CT molecular complexity index is 1150. The summed E-state index contributed by atoms with van der Waals surface area (Å²) >= 11 is 9.32. The van der Waals surface area contributed by atoms with Crippen LogP contribution >= 0.6 is 27.5 Å². The zero-order valence-corrected chi connectivity index (χ0v) is 17.7. The second-order valence-corrected chi connectivity index (χ2v) is 7.30. The van der Waals surface area contributed by atoms with Crippen molar-refractivity contribution in [1.82, 2.24) is 10.2 Å². The molecule has 0 spiro atoms. The molecule has 1 aromatic heterocycles. The Morgan fingerprint density at radius 2 is 2.21 bits per heavy atom. The predicted molar refractivity (Wildman–Crippen MR) is 116 cm³/mol. The van der Waals surface area contributed by atoms with E-state index in [1.807, 2.05) is 25.1 Å². The van der Waals surface area contributed by atoms with E-state index < -0.39 is 5.82 Å². The Hall–Kier alpha value is -2.95. The molecule has 1 heterocycles. The first kappa shape index (κ1) is 20.8. The molecule has 0 aliphatic heterocycles. The highest BCUT2D eigenvalue weighted by atomic mass is 79.9. The highest BCUT2D eigenvalue weighted by Crippen LogP contribution is 2.36. The Labute approximate surface area is 180 Å². The van der Waals surface area contributed by atoms with Crippen molar-refractivity contribution in [2.24, 2.45) is 4.99 Å². The van der Waals surface area contributed by atoms with E-state index in [2.05, 4.69) is 37.8 Å². The zero-order valence-electron chi connectivity index (χ0n) is 15.3. The second-order valence-electron chi connectivity index (χ2n) is 6.01. The normalized spacial score (nSPS) is 10.9. The highest BCUT2D eigenvalue weighted by molar-refractivity contribution is 9.10. The lowest BCUT2D eigenvalue weighted by Gasteiger charge is -2.12. The van der Waals surface area contributed by atoms with Gasteiger partial charge in [0.2, 0.25) is 0 Å². The molecular weight excluding hydrogens is 459 g/mol. The number of halogens is 3. The van der Waals surface area contributed by atoms with Gasteiger partial charge in [-0.25, -0.2) is 9.38 Å². The van der Waals surface area contributed by atoms with Crippen LogP contribution in [-0.4, -0.2) is 16.9 Å². The minimum absolute atomic E-state index is 0.00262. The summed E-state index contributed by atoms with van der Waals surface area (Å²) in [4.78, 5) is 3.88. The van der Waals surface area contributed by atoms with Crippen molar-refractivity contribution >= 4 is 46.1 Å². The number of aromatic nitrogens is 2. The summed E-state index contributed by atoms with van der Waals surface area (Å²) in [7, 11) is 0. The predicted octanol–water partition coefficient (Wildman–Crippen LogP) is 6.58. The molecule has 3 rings (SSSR count). The number of allylic oxidation sites excluding steroid dienone is 1. The molecule has 0 atom stereocenters. The van der Waals surface area contributed by atoms with Crippen LogP contribution in [0.5, 0.6) is 11.5 Å². The van der Waals surface area contributed by atoms with Gasteiger partial charge in [0, 0.05) is 22.7 Å². The lowest BCUT2D eigenvalue weighted by atomic mass is 10.0. The number of hydrogen-bond donors (Lipinski definition) is 1. The van der Waals surface area contributed by atoms with Gasteiger partial charge in [-0.05, 0) is 59.4 Å². The maximum absolute atomic E-state index is 15.3. The van der Waals surface area contributed by atoms with Crippen molar-refractivity contribution in [3.05, 3.63) is 74.1 Å². The van der Waals surface area contributed by atoms with Gasteiger partial charge in [0.1, 0.15) is 5.75 Å². The highest BCUT2D eigenvalue weighted by Gasteiger charge is 2.18. The van der Waals surface area contributed by atoms with Crippen LogP contribution in [0.4, 0.5) is 10.2 Å². The smallest absolute Gasteiger partial charge is 0.180 e. The summed E-state index contributed by atoms with van der Waals surface area (Å²) in [5.74, 6) is 0.185.